The fourth-order valence-electron chi connectivity index (χ4n) is 3.32. The quantitative estimate of drug-likeness (QED) is 0.825. The molecule has 0 radical (unpaired) electrons. The maximum absolute atomic E-state index is 12.2. The molecule has 2 saturated heterocycles. The van der Waals surface area contributed by atoms with Crippen molar-refractivity contribution in [2.24, 2.45) is 5.92 Å². The molecule has 0 aromatic heterocycles. The molecule has 104 valence electrons. The highest BCUT2D eigenvalue weighted by Crippen LogP contribution is 2.40. The van der Waals surface area contributed by atoms with Gasteiger partial charge in [0.25, 0.3) is 0 Å². The molecule has 0 aromatic rings. The summed E-state index contributed by atoms with van der Waals surface area (Å²) in [5, 5.41) is 9.03. The van der Waals surface area contributed by atoms with Crippen molar-refractivity contribution in [1.82, 2.24) is 4.90 Å². The number of piperidine rings is 1. The first-order valence-electron chi connectivity index (χ1n) is 7.03. The van der Waals surface area contributed by atoms with Gasteiger partial charge in [0.2, 0.25) is 0 Å². The van der Waals surface area contributed by atoms with Gasteiger partial charge in [0.15, 0.2) is 0 Å². The minimum absolute atomic E-state index is 0.155. The highest BCUT2D eigenvalue weighted by atomic mass is 16.6. The molecule has 0 spiro atoms. The Morgan fingerprint density at radius 3 is 2.28 bits per heavy atom. The second kappa shape index (κ2) is 5.08. The summed E-state index contributed by atoms with van der Waals surface area (Å²) < 4.78 is 5.49. The van der Waals surface area contributed by atoms with Crippen LogP contribution >= 0.6 is 0 Å². The predicted molar refractivity (Wildman–Crippen MR) is 69.3 cm³/mol. The highest BCUT2D eigenvalue weighted by Gasteiger charge is 2.44. The molecule has 18 heavy (non-hydrogen) atoms. The zero-order valence-electron chi connectivity index (χ0n) is 11.7. The lowest BCUT2D eigenvalue weighted by molar-refractivity contribution is 0.000811. The Bertz CT molecular complexity index is 297. The van der Waals surface area contributed by atoms with Crippen molar-refractivity contribution in [1.29, 1.82) is 0 Å². The van der Waals surface area contributed by atoms with E-state index in [0.717, 1.165) is 32.1 Å². The van der Waals surface area contributed by atoms with Gasteiger partial charge >= 0.3 is 6.09 Å². The van der Waals surface area contributed by atoms with E-state index < -0.39 is 5.60 Å². The molecule has 2 heterocycles. The first-order chi connectivity index (χ1) is 8.40. The van der Waals surface area contributed by atoms with Crippen molar-refractivity contribution in [3.63, 3.8) is 0 Å². The van der Waals surface area contributed by atoms with Crippen LogP contribution in [-0.2, 0) is 4.74 Å². The van der Waals surface area contributed by atoms with E-state index >= 15 is 0 Å². The SMILES string of the molecule is CC(C)(C)OC(=O)N1[C@@H]2CC[C@H]1CC(CCO)C2. The molecule has 1 N–H and O–H groups in total. The summed E-state index contributed by atoms with van der Waals surface area (Å²) in [5.74, 6) is 0.575. The van der Waals surface area contributed by atoms with Gasteiger partial charge in [-0.1, -0.05) is 0 Å². The van der Waals surface area contributed by atoms with Crippen LogP contribution in [0.4, 0.5) is 4.79 Å². The average molecular weight is 255 g/mol. The number of carbonyl (C=O) groups excluding carboxylic acids is 1. The van der Waals surface area contributed by atoms with Crippen molar-refractivity contribution in [3.05, 3.63) is 0 Å². The Hall–Kier alpha value is -0.770. The third kappa shape index (κ3) is 2.97. The van der Waals surface area contributed by atoms with Crippen molar-refractivity contribution < 1.29 is 14.6 Å². The van der Waals surface area contributed by atoms with Crippen LogP contribution in [0.1, 0.15) is 52.9 Å². The Labute approximate surface area is 109 Å². The van der Waals surface area contributed by atoms with Crippen molar-refractivity contribution in [2.75, 3.05) is 6.61 Å². The van der Waals surface area contributed by atoms with E-state index in [0.29, 0.717) is 18.0 Å². The van der Waals surface area contributed by atoms with E-state index in [-0.39, 0.29) is 12.7 Å². The lowest BCUT2D eigenvalue weighted by Gasteiger charge is -2.39. The zero-order valence-corrected chi connectivity index (χ0v) is 11.7. The van der Waals surface area contributed by atoms with Gasteiger partial charge in [-0.15, -0.1) is 0 Å². The first-order valence-corrected chi connectivity index (χ1v) is 7.03. The number of carbonyl (C=O) groups is 1. The molecule has 0 aliphatic carbocycles. The number of fused-ring (bicyclic) bond motifs is 2. The van der Waals surface area contributed by atoms with E-state index in [1.165, 1.54) is 0 Å². The molecule has 4 heteroatoms. The third-order valence-electron chi connectivity index (χ3n) is 3.97. The predicted octanol–water partition coefficient (Wildman–Crippen LogP) is 2.55. The van der Waals surface area contributed by atoms with Crippen molar-refractivity contribution in [3.8, 4) is 0 Å². The summed E-state index contributed by atoms with van der Waals surface area (Å²) in [6.07, 6.45) is 4.94. The number of aliphatic hydroxyl groups is 1. The summed E-state index contributed by atoms with van der Waals surface area (Å²) in [6, 6.07) is 0.658. The number of nitrogens with zero attached hydrogens (tertiary/aromatic N) is 1. The molecule has 2 fully saturated rings. The lowest BCUT2D eigenvalue weighted by atomic mass is 9.89. The number of hydrogen-bond acceptors (Lipinski definition) is 3. The van der Waals surface area contributed by atoms with Gasteiger partial charge in [-0.2, -0.15) is 0 Å². The zero-order chi connectivity index (χ0) is 13.3. The molecular weight excluding hydrogens is 230 g/mol. The van der Waals surface area contributed by atoms with Crippen LogP contribution in [0.25, 0.3) is 0 Å². The standard InChI is InChI=1S/C14H25NO3/c1-14(2,3)18-13(17)15-11-4-5-12(15)9-10(8-11)6-7-16/h10-12,16H,4-9H2,1-3H3/t10?,11-,12+. The summed E-state index contributed by atoms with van der Waals surface area (Å²) in [5.41, 5.74) is -0.418. The number of amides is 1. The van der Waals surface area contributed by atoms with Crippen molar-refractivity contribution >= 4 is 6.09 Å². The summed E-state index contributed by atoms with van der Waals surface area (Å²) in [6.45, 7) is 5.98. The second-order valence-electron chi connectivity index (χ2n) is 6.62. The highest BCUT2D eigenvalue weighted by molar-refractivity contribution is 5.69. The third-order valence-corrected chi connectivity index (χ3v) is 3.97. The molecule has 2 aliphatic heterocycles. The van der Waals surface area contributed by atoms with Crippen LogP contribution in [-0.4, -0.2) is 40.4 Å². The Balaban J connectivity index is 1.98. The number of ether oxygens (including phenoxy) is 1. The van der Waals surface area contributed by atoms with Gasteiger partial charge in [-0.05, 0) is 58.8 Å². The van der Waals surface area contributed by atoms with Crippen LogP contribution in [0.2, 0.25) is 0 Å². The first kappa shape index (κ1) is 13.7. The maximum Gasteiger partial charge on any atom is 0.410 e. The molecule has 2 bridgehead atoms. The van der Waals surface area contributed by atoms with Crippen LogP contribution < -0.4 is 0 Å². The number of aliphatic hydroxyl groups excluding tert-OH is 1. The van der Waals surface area contributed by atoms with Gasteiger partial charge in [-0.3, -0.25) is 0 Å². The maximum atomic E-state index is 12.2. The van der Waals surface area contributed by atoms with Gasteiger partial charge in [0.1, 0.15) is 5.60 Å². The van der Waals surface area contributed by atoms with E-state index in [9.17, 15) is 4.79 Å². The van der Waals surface area contributed by atoms with Gasteiger partial charge in [-0.25, -0.2) is 4.79 Å². The normalized spacial score (nSPS) is 31.6. The summed E-state index contributed by atoms with van der Waals surface area (Å²) >= 11 is 0. The largest absolute Gasteiger partial charge is 0.444 e. The Kier molecular flexibility index (Phi) is 3.85. The smallest absolute Gasteiger partial charge is 0.410 e. The van der Waals surface area contributed by atoms with Crippen LogP contribution in [0.3, 0.4) is 0 Å². The molecule has 0 saturated carbocycles. The molecule has 2 aliphatic rings. The molecular formula is C14H25NO3. The molecule has 2 rings (SSSR count). The lowest BCUT2D eigenvalue weighted by Crippen LogP contribution is -2.48. The number of rotatable bonds is 2. The average Bonchev–Trinajstić information content (AvgIpc) is 2.49. The van der Waals surface area contributed by atoms with Crippen LogP contribution in [0.5, 0.6) is 0 Å². The Morgan fingerprint density at radius 1 is 1.28 bits per heavy atom. The molecule has 3 atom stereocenters. The fraction of sp³-hybridized carbons (Fsp3) is 0.929. The number of hydrogen-bond donors (Lipinski definition) is 1. The summed E-state index contributed by atoms with van der Waals surface area (Å²) in [7, 11) is 0. The minimum atomic E-state index is -0.418. The Morgan fingerprint density at radius 2 is 1.83 bits per heavy atom. The van der Waals surface area contributed by atoms with E-state index in [1.807, 2.05) is 25.7 Å². The monoisotopic (exact) mass is 255 g/mol. The topological polar surface area (TPSA) is 49.8 Å². The van der Waals surface area contributed by atoms with E-state index in [4.69, 9.17) is 9.84 Å². The van der Waals surface area contributed by atoms with Crippen LogP contribution in [0.15, 0.2) is 0 Å². The molecule has 1 amide bonds. The second-order valence-corrected chi connectivity index (χ2v) is 6.62. The minimum Gasteiger partial charge on any atom is -0.444 e. The van der Waals surface area contributed by atoms with Crippen LogP contribution in [0, 0.1) is 5.92 Å². The van der Waals surface area contributed by atoms with Gasteiger partial charge < -0.3 is 14.7 Å². The fourth-order valence-corrected chi connectivity index (χ4v) is 3.32. The molecule has 4 nitrogen and oxygen atoms in total. The molecule has 0 aromatic carbocycles. The van der Waals surface area contributed by atoms with E-state index in [1.54, 1.807) is 0 Å². The van der Waals surface area contributed by atoms with Gasteiger partial charge in [0, 0.05) is 18.7 Å². The van der Waals surface area contributed by atoms with Crippen molar-refractivity contribution in [2.45, 2.75) is 70.6 Å². The molecule has 1 unspecified atom stereocenters. The summed E-state index contributed by atoms with van der Waals surface area (Å²) in [4.78, 5) is 14.2. The van der Waals surface area contributed by atoms with E-state index in [2.05, 4.69) is 0 Å². The van der Waals surface area contributed by atoms with Gasteiger partial charge in [0.05, 0.1) is 0 Å².